The van der Waals surface area contributed by atoms with E-state index in [-0.39, 0.29) is 0 Å². The van der Waals surface area contributed by atoms with Gasteiger partial charge in [-0.1, -0.05) is 36.2 Å². The van der Waals surface area contributed by atoms with Crippen LogP contribution in [-0.4, -0.2) is 6.54 Å². The molecule has 0 aliphatic heterocycles. The summed E-state index contributed by atoms with van der Waals surface area (Å²) in [5.41, 5.74) is 1.16. The first-order chi connectivity index (χ1) is 7.13. The van der Waals surface area contributed by atoms with E-state index in [0.717, 1.165) is 27.1 Å². The molecule has 15 heavy (non-hydrogen) atoms. The van der Waals surface area contributed by atoms with E-state index in [2.05, 4.69) is 63.2 Å². The lowest BCUT2D eigenvalue weighted by Gasteiger charge is -2.13. The molecule has 0 bridgehead atoms. The molecule has 0 heterocycles. The summed E-state index contributed by atoms with van der Waals surface area (Å²) in [4.78, 5) is 0. The molecule has 0 saturated carbocycles. The number of hydrogen-bond acceptors (Lipinski definition) is 1. The van der Waals surface area contributed by atoms with Gasteiger partial charge in [0.15, 0.2) is 0 Å². The van der Waals surface area contributed by atoms with Gasteiger partial charge in [-0.3, -0.25) is 0 Å². The van der Waals surface area contributed by atoms with Crippen LogP contribution < -0.4 is 5.32 Å². The summed E-state index contributed by atoms with van der Waals surface area (Å²) in [5, 5.41) is 3.46. The Morgan fingerprint density at radius 2 is 2.07 bits per heavy atom. The molecule has 1 aromatic rings. The number of halogens is 2. The Morgan fingerprint density at radius 3 is 2.73 bits per heavy atom. The molecule has 0 radical (unpaired) electrons. The van der Waals surface area contributed by atoms with Gasteiger partial charge in [-0.15, -0.1) is 0 Å². The molecular formula is C12H17Br2N. The van der Waals surface area contributed by atoms with Crippen LogP contribution in [0.15, 0.2) is 27.1 Å². The summed E-state index contributed by atoms with van der Waals surface area (Å²) in [6.45, 7) is 5.54. The third-order valence-electron chi connectivity index (χ3n) is 2.35. The van der Waals surface area contributed by atoms with Crippen molar-refractivity contribution in [3.63, 3.8) is 0 Å². The van der Waals surface area contributed by atoms with Crippen molar-refractivity contribution in [3.05, 3.63) is 27.1 Å². The van der Waals surface area contributed by atoms with E-state index in [1.807, 2.05) is 6.07 Å². The maximum absolute atomic E-state index is 3.54. The molecule has 0 amide bonds. The minimum absolute atomic E-state index is 0.723. The van der Waals surface area contributed by atoms with Crippen molar-refractivity contribution < 1.29 is 0 Å². The lowest BCUT2D eigenvalue weighted by Crippen LogP contribution is -2.11. The van der Waals surface area contributed by atoms with Crippen LogP contribution >= 0.6 is 31.9 Å². The molecule has 1 rings (SSSR count). The Hall–Kier alpha value is -0.0200. The normalized spacial score (nSPS) is 12.5. The van der Waals surface area contributed by atoms with Crippen molar-refractivity contribution in [2.75, 3.05) is 11.9 Å². The quantitative estimate of drug-likeness (QED) is 0.793. The zero-order valence-corrected chi connectivity index (χ0v) is 12.4. The number of rotatable bonds is 5. The van der Waals surface area contributed by atoms with Crippen LogP contribution in [-0.2, 0) is 0 Å². The van der Waals surface area contributed by atoms with Crippen molar-refractivity contribution in [2.45, 2.75) is 26.7 Å². The maximum Gasteiger partial charge on any atom is 0.0496 e. The van der Waals surface area contributed by atoms with Crippen LogP contribution in [0.2, 0.25) is 0 Å². The molecule has 1 N–H and O–H groups in total. The topological polar surface area (TPSA) is 12.0 Å². The van der Waals surface area contributed by atoms with Crippen LogP contribution in [0.1, 0.15) is 26.7 Å². The highest BCUT2D eigenvalue weighted by Gasteiger charge is 2.03. The van der Waals surface area contributed by atoms with Crippen molar-refractivity contribution in [3.8, 4) is 0 Å². The molecule has 1 unspecified atom stereocenters. The van der Waals surface area contributed by atoms with Gasteiger partial charge in [0.2, 0.25) is 0 Å². The highest BCUT2D eigenvalue weighted by atomic mass is 79.9. The Bertz CT molecular complexity index is 312. The molecule has 0 aliphatic rings. The van der Waals surface area contributed by atoms with E-state index in [1.54, 1.807) is 0 Å². The molecule has 0 aliphatic carbocycles. The molecule has 1 aromatic carbocycles. The van der Waals surface area contributed by atoms with Gasteiger partial charge in [0, 0.05) is 21.2 Å². The van der Waals surface area contributed by atoms with Gasteiger partial charge >= 0.3 is 0 Å². The first kappa shape index (κ1) is 13.0. The molecule has 0 spiro atoms. The molecule has 0 saturated heterocycles. The van der Waals surface area contributed by atoms with Crippen LogP contribution in [0, 0.1) is 5.92 Å². The smallest absolute Gasteiger partial charge is 0.0496 e. The van der Waals surface area contributed by atoms with Crippen LogP contribution in [0.5, 0.6) is 0 Å². The largest absolute Gasteiger partial charge is 0.384 e. The molecule has 84 valence electrons. The second-order valence-electron chi connectivity index (χ2n) is 3.90. The van der Waals surface area contributed by atoms with E-state index in [0.29, 0.717) is 0 Å². The summed E-state index contributed by atoms with van der Waals surface area (Å²) >= 11 is 7.01. The zero-order valence-electron chi connectivity index (χ0n) is 9.19. The average molecular weight is 335 g/mol. The van der Waals surface area contributed by atoms with Gasteiger partial charge in [-0.25, -0.2) is 0 Å². The fraction of sp³-hybridized carbons (Fsp3) is 0.500. The SMILES string of the molecule is CCCC(C)CNc1cc(Br)ccc1Br. The fourth-order valence-electron chi connectivity index (χ4n) is 1.51. The predicted octanol–water partition coefficient (Wildman–Crippen LogP) is 5.06. The Labute approximate surface area is 109 Å². The van der Waals surface area contributed by atoms with Crippen LogP contribution in [0.3, 0.4) is 0 Å². The van der Waals surface area contributed by atoms with E-state index in [4.69, 9.17) is 0 Å². The van der Waals surface area contributed by atoms with Gasteiger partial charge in [0.1, 0.15) is 0 Å². The Morgan fingerprint density at radius 1 is 1.33 bits per heavy atom. The summed E-state index contributed by atoms with van der Waals surface area (Å²) in [6.07, 6.45) is 2.53. The lowest BCUT2D eigenvalue weighted by atomic mass is 10.1. The molecule has 1 nitrogen and oxygen atoms in total. The highest BCUT2D eigenvalue weighted by Crippen LogP contribution is 2.26. The average Bonchev–Trinajstić information content (AvgIpc) is 2.20. The number of benzene rings is 1. The van der Waals surface area contributed by atoms with Crippen molar-refractivity contribution in [1.82, 2.24) is 0 Å². The first-order valence-corrected chi connectivity index (χ1v) is 6.91. The third-order valence-corrected chi connectivity index (χ3v) is 3.54. The van der Waals surface area contributed by atoms with Crippen molar-refractivity contribution >= 4 is 37.5 Å². The van der Waals surface area contributed by atoms with Gasteiger partial charge in [-0.05, 0) is 46.5 Å². The summed E-state index contributed by atoms with van der Waals surface area (Å²) in [5.74, 6) is 0.723. The monoisotopic (exact) mass is 333 g/mol. The third kappa shape index (κ3) is 4.56. The first-order valence-electron chi connectivity index (χ1n) is 5.32. The van der Waals surface area contributed by atoms with Gasteiger partial charge in [0.05, 0.1) is 0 Å². The Balaban J connectivity index is 2.53. The minimum Gasteiger partial charge on any atom is -0.384 e. The van der Waals surface area contributed by atoms with Gasteiger partial charge in [-0.2, -0.15) is 0 Å². The van der Waals surface area contributed by atoms with Crippen molar-refractivity contribution in [1.29, 1.82) is 0 Å². The zero-order chi connectivity index (χ0) is 11.3. The van der Waals surface area contributed by atoms with E-state index in [9.17, 15) is 0 Å². The summed E-state index contributed by atoms with van der Waals surface area (Å²) in [6, 6.07) is 6.18. The summed E-state index contributed by atoms with van der Waals surface area (Å²) in [7, 11) is 0. The van der Waals surface area contributed by atoms with E-state index >= 15 is 0 Å². The lowest BCUT2D eigenvalue weighted by molar-refractivity contribution is 0.550. The van der Waals surface area contributed by atoms with Gasteiger partial charge < -0.3 is 5.32 Å². The highest BCUT2D eigenvalue weighted by molar-refractivity contribution is 9.11. The van der Waals surface area contributed by atoms with Gasteiger partial charge in [0.25, 0.3) is 0 Å². The number of hydrogen-bond donors (Lipinski definition) is 1. The summed E-state index contributed by atoms with van der Waals surface area (Å²) < 4.78 is 2.23. The van der Waals surface area contributed by atoms with Crippen LogP contribution in [0.4, 0.5) is 5.69 Å². The van der Waals surface area contributed by atoms with E-state index < -0.39 is 0 Å². The molecule has 1 atom stereocenters. The second kappa shape index (κ2) is 6.54. The van der Waals surface area contributed by atoms with Crippen molar-refractivity contribution in [2.24, 2.45) is 5.92 Å². The Kier molecular flexibility index (Phi) is 5.69. The fourth-order valence-corrected chi connectivity index (χ4v) is 2.26. The predicted molar refractivity (Wildman–Crippen MR) is 74.4 cm³/mol. The molecule has 3 heteroatoms. The van der Waals surface area contributed by atoms with E-state index in [1.165, 1.54) is 12.8 Å². The molecule has 0 aromatic heterocycles. The molecular weight excluding hydrogens is 318 g/mol. The minimum atomic E-state index is 0.723. The second-order valence-corrected chi connectivity index (χ2v) is 5.67. The number of nitrogens with one attached hydrogen (secondary N) is 1. The number of anilines is 1. The maximum atomic E-state index is 3.54. The van der Waals surface area contributed by atoms with Crippen LogP contribution in [0.25, 0.3) is 0 Å². The standard InChI is InChI=1S/C12H17Br2N/c1-3-4-9(2)8-15-12-7-10(13)5-6-11(12)14/h5-7,9,15H,3-4,8H2,1-2H3. The molecule has 0 fully saturated rings.